The predicted molar refractivity (Wildman–Crippen MR) is 77.9 cm³/mol. The molecule has 1 aromatic heterocycles. The van der Waals surface area contributed by atoms with E-state index < -0.39 is 5.91 Å². The van der Waals surface area contributed by atoms with Crippen LogP contribution in [0.5, 0.6) is 11.5 Å². The topological polar surface area (TPSA) is 73.1 Å². The fraction of sp³-hybridized carbons (Fsp3) is 0.200. The highest BCUT2D eigenvalue weighted by atomic mass is 16.5. The largest absolute Gasteiger partial charge is 0.497 e. The fourth-order valence-corrected chi connectivity index (χ4v) is 1.76. The van der Waals surface area contributed by atoms with E-state index in [1.165, 1.54) is 6.26 Å². The molecule has 1 amide bonds. The molecule has 0 spiro atoms. The van der Waals surface area contributed by atoms with Gasteiger partial charge in [-0.05, 0) is 31.2 Å². The third-order valence-corrected chi connectivity index (χ3v) is 2.87. The minimum Gasteiger partial charge on any atom is -0.497 e. The molecule has 0 aliphatic rings. The van der Waals surface area contributed by atoms with E-state index in [1.54, 1.807) is 45.4 Å². The van der Waals surface area contributed by atoms with Gasteiger partial charge < -0.3 is 13.9 Å². The Bertz CT molecular complexity index is 648. The molecule has 110 valence electrons. The summed E-state index contributed by atoms with van der Waals surface area (Å²) < 4.78 is 15.4. The summed E-state index contributed by atoms with van der Waals surface area (Å²) in [5, 5.41) is 4.05. The highest BCUT2D eigenvalue weighted by Crippen LogP contribution is 2.25. The number of benzene rings is 1. The second-order valence-corrected chi connectivity index (χ2v) is 4.18. The van der Waals surface area contributed by atoms with E-state index in [-0.39, 0.29) is 5.76 Å². The Balaban J connectivity index is 2.17. The van der Waals surface area contributed by atoms with E-state index in [0.29, 0.717) is 17.2 Å². The molecule has 0 bridgehead atoms. The van der Waals surface area contributed by atoms with Gasteiger partial charge in [-0.1, -0.05) is 0 Å². The summed E-state index contributed by atoms with van der Waals surface area (Å²) in [6.07, 6.45) is 1.43. The lowest BCUT2D eigenvalue weighted by Crippen LogP contribution is -2.18. The van der Waals surface area contributed by atoms with Crippen LogP contribution in [-0.2, 0) is 0 Å². The van der Waals surface area contributed by atoms with Gasteiger partial charge in [-0.25, -0.2) is 5.43 Å². The molecule has 0 fully saturated rings. The molecule has 0 aliphatic carbocycles. The molecule has 1 N–H and O–H groups in total. The summed E-state index contributed by atoms with van der Waals surface area (Å²) in [5.41, 5.74) is 3.80. The smallest absolute Gasteiger partial charge is 0.307 e. The lowest BCUT2D eigenvalue weighted by Gasteiger charge is -2.10. The first-order valence-corrected chi connectivity index (χ1v) is 6.26. The maximum Gasteiger partial charge on any atom is 0.307 e. The van der Waals surface area contributed by atoms with Crippen molar-refractivity contribution in [2.24, 2.45) is 5.10 Å². The second-order valence-electron chi connectivity index (χ2n) is 4.18. The third kappa shape index (κ3) is 3.42. The number of hydrogen-bond acceptors (Lipinski definition) is 5. The quantitative estimate of drug-likeness (QED) is 0.677. The van der Waals surface area contributed by atoms with Crippen molar-refractivity contribution in [1.82, 2.24) is 5.43 Å². The van der Waals surface area contributed by atoms with Crippen molar-refractivity contribution >= 4 is 11.6 Å². The Hall–Kier alpha value is -2.76. The van der Waals surface area contributed by atoms with Gasteiger partial charge in [-0.15, -0.1) is 0 Å². The number of furan rings is 1. The van der Waals surface area contributed by atoms with Crippen molar-refractivity contribution in [3.63, 3.8) is 0 Å². The van der Waals surface area contributed by atoms with E-state index in [0.717, 1.165) is 5.56 Å². The zero-order chi connectivity index (χ0) is 15.2. The van der Waals surface area contributed by atoms with Gasteiger partial charge in [0, 0.05) is 11.6 Å². The number of amides is 1. The van der Waals surface area contributed by atoms with E-state index >= 15 is 0 Å². The number of rotatable bonds is 5. The number of carbonyl (C=O) groups is 1. The first-order chi connectivity index (χ1) is 10.2. The molecule has 6 heteroatoms. The van der Waals surface area contributed by atoms with Crippen molar-refractivity contribution < 1.29 is 18.7 Å². The van der Waals surface area contributed by atoms with Gasteiger partial charge in [-0.2, -0.15) is 5.10 Å². The van der Waals surface area contributed by atoms with Gasteiger partial charge in [0.05, 0.1) is 26.2 Å². The average Bonchev–Trinajstić information content (AvgIpc) is 3.06. The van der Waals surface area contributed by atoms with Gasteiger partial charge in [0.1, 0.15) is 11.5 Å². The molecule has 2 aromatic rings. The number of hydrazone groups is 1. The lowest BCUT2D eigenvalue weighted by atomic mass is 10.1. The van der Waals surface area contributed by atoms with Gasteiger partial charge in [0.25, 0.3) is 0 Å². The molecular formula is C15H16N2O4. The van der Waals surface area contributed by atoms with Crippen LogP contribution in [0.15, 0.2) is 46.1 Å². The van der Waals surface area contributed by atoms with Crippen molar-refractivity contribution in [1.29, 1.82) is 0 Å². The van der Waals surface area contributed by atoms with Crippen LogP contribution in [0, 0.1) is 0 Å². The molecule has 0 aliphatic heterocycles. The van der Waals surface area contributed by atoms with Crippen molar-refractivity contribution in [2.75, 3.05) is 14.2 Å². The van der Waals surface area contributed by atoms with Gasteiger partial charge in [-0.3, -0.25) is 4.79 Å². The second kappa shape index (κ2) is 6.60. The van der Waals surface area contributed by atoms with E-state index in [1.807, 2.05) is 6.07 Å². The van der Waals surface area contributed by atoms with Crippen LogP contribution in [-0.4, -0.2) is 25.8 Å². The van der Waals surface area contributed by atoms with Crippen LogP contribution in [0.4, 0.5) is 0 Å². The number of ether oxygens (including phenoxy) is 2. The predicted octanol–water partition coefficient (Wildman–Crippen LogP) is 2.45. The lowest BCUT2D eigenvalue weighted by molar-refractivity contribution is 0.0927. The molecule has 21 heavy (non-hydrogen) atoms. The Morgan fingerprint density at radius 1 is 1.24 bits per heavy atom. The number of nitrogens with zero attached hydrogens (tertiary/aromatic N) is 1. The summed E-state index contributed by atoms with van der Waals surface area (Å²) in [7, 11) is 3.14. The molecule has 0 saturated carbocycles. The molecule has 0 radical (unpaired) electrons. The van der Waals surface area contributed by atoms with E-state index in [2.05, 4.69) is 10.5 Å². The van der Waals surface area contributed by atoms with E-state index in [9.17, 15) is 4.79 Å². The van der Waals surface area contributed by atoms with E-state index in [4.69, 9.17) is 13.9 Å². The molecule has 2 rings (SSSR count). The van der Waals surface area contributed by atoms with Crippen LogP contribution in [0.25, 0.3) is 0 Å². The molecule has 0 saturated heterocycles. The average molecular weight is 288 g/mol. The number of hydrogen-bond donors (Lipinski definition) is 1. The molecule has 0 unspecified atom stereocenters. The number of nitrogens with one attached hydrogen (secondary N) is 1. The minimum atomic E-state index is -0.410. The van der Waals surface area contributed by atoms with Crippen LogP contribution in [0.3, 0.4) is 0 Å². The molecule has 1 heterocycles. The Morgan fingerprint density at radius 2 is 2.05 bits per heavy atom. The van der Waals surface area contributed by atoms with Crippen molar-refractivity contribution in [2.45, 2.75) is 6.92 Å². The Kier molecular flexibility index (Phi) is 4.61. The Morgan fingerprint density at radius 3 is 2.67 bits per heavy atom. The van der Waals surface area contributed by atoms with Crippen molar-refractivity contribution in [3.8, 4) is 11.5 Å². The van der Waals surface area contributed by atoms with Gasteiger partial charge in [0.2, 0.25) is 0 Å². The number of carbonyl (C=O) groups excluding carboxylic acids is 1. The zero-order valence-electron chi connectivity index (χ0n) is 12.0. The first-order valence-electron chi connectivity index (χ1n) is 6.26. The van der Waals surface area contributed by atoms with Crippen molar-refractivity contribution in [3.05, 3.63) is 47.9 Å². The summed E-state index contributed by atoms with van der Waals surface area (Å²) in [6, 6.07) is 8.57. The summed E-state index contributed by atoms with van der Waals surface area (Å²) >= 11 is 0. The zero-order valence-corrected chi connectivity index (χ0v) is 12.0. The normalized spacial score (nSPS) is 11.1. The maximum atomic E-state index is 11.7. The minimum absolute atomic E-state index is 0.202. The summed E-state index contributed by atoms with van der Waals surface area (Å²) in [6.45, 7) is 1.77. The standard InChI is InChI=1S/C15H16N2O4/c1-10(16-17-15(18)13-5-4-8-21-13)12-7-6-11(19-2)9-14(12)20-3/h4-9H,1-3H3,(H,17,18)/b16-10+. The maximum absolute atomic E-state index is 11.7. The highest BCUT2D eigenvalue weighted by Gasteiger charge is 2.10. The van der Waals surface area contributed by atoms with Crippen LogP contribution in [0.2, 0.25) is 0 Å². The monoisotopic (exact) mass is 288 g/mol. The Labute approximate surface area is 122 Å². The third-order valence-electron chi connectivity index (χ3n) is 2.87. The summed E-state index contributed by atoms with van der Waals surface area (Å²) in [5.74, 6) is 1.09. The fourth-order valence-electron chi connectivity index (χ4n) is 1.76. The van der Waals surface area contributed by atoms with Gasteiger partial charge >= 0.3 is 5.91 Å². The molecule has 6 nitrogen and oxygen atoms in total. The van der Waals surface area contributed by atoms with Crippen LogP contribution >= 0.6 is 0 Å². The molecular weight excluding hydrogens is 272 g/mol. The highest BCUT2D eigenvalue weighted by molar-refractivity contribution is 6.02. The molecule has 0 atom stereocenters. The summed E-state index contributed by atoms with van der Waals surface area (Å²) in [4.78, 5) is 11.7. The van der Waals surface area contributed by atoms with Crippen LogP contribution < -0.4 is 14.9 Å². The van der Waals surface area contributed by atoms with Gasteiger partial charge in [0.15, 0.2) is 5.76 Å². The van der Waals surface area contributed by atoms with Crippen LogP contribution in [0.1, 0.15) is 23.0 Å². The SMILES string of the molecule is COc1ccc(/C(C)=N/NC(=O)c2ccco2)c(OC)c1. The molecule has 1 aromatic carbocycles. The number of methoxy groups -OCH3 is 2. The first kappa shape index (κ1) is 14.6.